The number of rotatable bonds is 6. The number of primary sulfonamides is 1. The summed E-state index contributed by atoms with van der Waals surface area (Å²) in [5.74, 6) is -1.48. The molecule has 2 aromatic rings. The minimum atomic E-state index is -4.11. The fourth-order valence-electron chi connectivity index (χ4n) is 1.97. The molecule has 27 heavy (non-hydrogen) atoms. The minimum absolute atomic E-state index is 0.114. The zero-order valence-electron chi connectivity index (χ0n) is 13.5. The van der Waals surface area contributed by atoms with Crippen LogP contribution < -0.4 is 10.5 Å². The number of carbonyl (C=O) groups is 2. The van der Waals surface area contributed by atoms with E-state index in [2.05, 4.69) is 5.32 Å². The fraction of sp³-hybridized carbons (Fsp3) is 0.125. The summed E-state index contributed by atoms with van der Waals surface area (Å²) in [6, 6.07) is 8.24. The van der Waals surface area contributed by atoms with E-state index < -0.39 is 33.4 Å². The lowest BCUT2D eigenvalue weighted by Gasteiger charge is -2.09. The van der Waals surface area contributed by atoms with Gasteiger partial charge in [-0.05, 0) is 35.9 Å². The topological polar surface area (TPSA) is 116 Å². The lowest BCUT2D eigenvalue weighted by Crippen LogP contribution is -2.28. The van der Waals surface area contributed by atoms with Gasteiger partial charge < -0.3 is 10.1 Å². The quantitative estimate of drug-likeness (QED) is 0.655. The van der Waals surface area contributed by atoms with Gasteiger partial charge in [0, 0.05) is 16.6 Å². The van der Waals surface area contributed by atoms with Crippen LogP contribution in [0, 0.1) is 0 Å². The van der Waals surface area contributed by atoms with E-state index in [0.717, 1.165) is 6.07 Å². The van der Waals surface area contributed by atoms with Crippen LogP contribution in [0.4, 0.5) is 0 Å². The fourth-order valence-corrected chi connectivity index (χ4v) is 3.52. The Balaban J connectivity index is 1.94. The zero-order valence-corrected chi connectivity index (χ0v) is 16.6. The van der Waals surface area contributed by atoms with Crippen LogP contribution in [-0.4, -0.2) is 26.9 Å². The molecule has 7 nitrogen and oxygen atoms in total. The predicted molar refractivity (Wildman–Crippen MR) is 101 cm³/mol. The molecule has 0 bridgehead atoms. The van der Waals surface area contributed by atoms with E-state index in [1.807, 2.05) is 0 Å². The van der Waals surface area contributed by atoms with Gasteiger partial charge in [0.15, 0.2) is 6.61 Å². The molecule has 0 spiro atoms. The number of hydrogen-bond acceptors (Lipinski definition) is 5. The Kier molecular flexibility index (Phi) is 7.07. The number of amides is 1. The van der Waals surface area contributed by atoms with Crippen molar-refractivity contribution in [2.24, 2.45) is 5.14 Å². The van der Waals surface area contributed by atoms with Gasteiger partial charge in [-0.2, -0.15) is 0 Å². The third-order valence-corrected chi connectivity index (χ3v) is 5.28. The SMILES string of the molecule is NS(=O)(=O)c1cc(C(=O)OCC(=O)NCc2ccc(Cl)cc2Cl)ccc1Cl. The number of nitrogens with one attached hydrogen (secondary N) is 1. The van der Waals surface area contributed by atoms with Gasteiger partial charge in [0.1, 0.15) is 4.90 Å². The van der Waals surface area contributed by atoms with Crippen molar-refractivity contribution in [1.29, 1.82) is 0 Å². The Morgan fingerprint density at radius 2 is 1.74 bits per heavy atom. The molecule has 0 atom stereocenters. The maximum Gasteiger partial charge on any atom is 0.338 e. The molecule has 0 aliphatic carbocycles. The molecular formula is C16H13Cl3N2O5S. The van der Waals surface area contributed by atoms with Gasteiger partial charge in [0.2, 0.25) is 10.0 Å². The molecule has 1 amide bonds. The van der Waals surface area contributed by atoms with E-state index in [4.69, 9.17) is 44.7 Å². The Morgan fingerprint density at radius 1 is 1.04 bits per heavy atom. The van der Waals surface area contributed by atoms with Gasteiger partial charge in [-0.15, -0.1) is 0 Å². The smallest absolute Gasteiger partial charge is 0.338 e. The van der Waals surface area contributed by atoms with E-state index in [9.17, 15) is 18.0 Å². The Labute approximate surface area is 170 Å². The second-order valence-corrected chi connectivity index (χ2v) is 8.06. The first-order valence-corrected chi connectivity index (χ1v) is 9.96. The maximum atomic E-state index is 12.0. The molecule has 0 unspecified atom stereocenters. The number of halogens is 3. The molecule has 0 heterocycles. The molecule has 144 valence electrons. The number of ether oxygens (including phenoxy) is 1. The van der Waals surface area contributed by atoms with Crippen molar-refractivity contribution in [3.05, 3.63) is 62.6 Å². The summed E-state index contributed by atoms with van der Waals surface area (Å²) >= 11 is 17.5. The van der Waals surface area contributed by atoms with Crippen molar-refractivity contribution in [2.75, 3.05) is 6.61 Å². The molecule has 0 saturated carbocycles. The number of benzene rings is 2. The molecule has 0 aliphatic rings. The molecule has 3 N–H and O–H groups in total. The maximum absolute atomic E-state index is 12.0. The molecule has 2 aromatic carbocycles. The third kappa shape index (κ3) is 6.08. The number of nitrogens with two attached hydrogens (primary N) is 1. The van der Waals surface area contributed by atoms with Crippen LogP contribution in [0.15, 0.2) is 41.3 Å². The van der Waals surface area contributed by atoms with Crippen molar-refractivity contribution < 1.29 is 22.7 Å². The van der Waals surface area contributed by atoms with E-state index >= 15 is 0 Å². The molecule has 11 heteroatoms. The second kappa shape index (κ2) is 8.90. The van der Waals surface area contributed by atoms with Crippen LogP contribution in [0.5, 0.6) is 0 Å². The number of carbonyl (C=O) groups excluding carboxylic acids is 2. The van der Waals surface area contributed by atoms with Crippen molar-refractivity contribution in [3.63, 3.8) is 0 Å². The molecule has 0 aliphatic heterocycles. The molecule has 0 radical (unpaired) electrons. The first kappa shape index (κ1) is 21.5. The van der Waals surface area contributed by atoms with Crippen LogP contribution in [0.2, 0.25) is 15.1 Å². The largest absolute Gasteiger partial charge is 0.452 e. The summed E-state index contributed by atoms with van der Waals surface area (Å²) < 4.78 is 27.7. The first-order valence-electron chi connectivity index (χ1n) is 7.28. The highest BCUT2D eigenvalue weighted by Gasteiger charge is 2.18. The Hall–Kier alpha value is -1.84. The van der Waals surface area contributed by atoms with E-state index in [1.54, 1.807) is 12.1 Å². The van der Waals surface area contributed by atoms with Crippen LogP contribution >= 0.6 is 34.8 Å². The van der Waals surface area contributed by atoms with Gasteiger partial charge in [0.05, 0.1) is 10.6 Å². The Bertz CT molecular complexity index is 996. The molecule has 0 saturated heterocycles. The number of sulfonamides is 1. The molecule has 0 fully saturated rings. The van der Waals surface area contributed by atoms with E-state index in [-0.39, 0.29) is 17.1 Å². The monoisotopic (exact) mass is 450 g/mol. The average Bonchev–Trinajstić information content (AvgIpc) is 2.58. The van der Waals surface area contributed by atoms with Gasteiger partial charge in [-0.3, -0.25) is 4.79 Å². The highest BCUT2D eigenvalue weighted by atomic mass is 35.5. The summed E-state index contributed by atoms with van der Waals surface area (Å²) in [6.07, 6.45) is 0. The van der Waals surface area contributed by atoms with Gasteiger partial charge in [-0.25, -0.2) is 18.4 Å². The molecule has 0 aromatic heterocycles. The van der Waals surface area contributed by atoms with Crippen molar-refractivity contribution in [1.82, 2.24) is 5.32 Å². The van der Waals surface area contributed by atoms with Crippen molar-refractivity contribution in [3.8, 4) is 0 Å². The van der Waals surface area contributed by atoms with Crippen LogP contribution in [0.3, 0.4) is 0 Å². The zero-order chi connectivity index (χ0) is 20.2. The van der Waals surface area contributed by atoms with Gasteiger partial charge in [0.25, 0.3) is 5.91 Å². The lowest BCUT2D eigenvalue weighted by molar-refractivity contribution is -0.124. The van der Waals surface area contributed by atoms with Crippen LogP contribution in [-0.2, 0) is 26.1 Å². The summed E-state index contributed by atoms with van der Waals surface area (Å²) in [7, 11) is -4.11. The van der Waals surface area contributed by atoms with Crippen LogP contribution in [0.25, 0.3) is 0 Å². The first-order chi connectivity index (χ1) is 12.6. The third-order valence-electron chi connectivity index (χ3n) is 3.30. The standard InChI is InChI=1S/C16H13Cl3N2O5S/c17-11-3-1-10(13(19)6-11)7-21-15(22)8-26-16(23)9-2-4-12(18)14(5-9)27(20,24)25/h1-6H,7-8H2,(H,21,22)(H2,20,24,25). The summed E-state index contributed by atoms with van der Waals surface area (Å²) in [4.78, 5) is 23.4. The minimum Gasteiger partial charge on any atom is -0.452 e. The average molecular weight is 452 g/mol. The summed E-state index contributed by atoms with van der Waals surface area (Å²) in [5.41, 5.74) is 0.521. The predicted octanol–water partition coefficient (Wildman–Crippen LogP) is 2.77. The summed E-state index contributed by atoms with van der Waals surface area (Å²) in [6.45, 7) is -0.458. The lowest BCUT2D eigenvalue weighted by atomic mass is 10.2. The number of hydrogen-bond donors (Lipinski definition) is 2. The summed E-state index contributed by atoms with van der Waals surface area (Å²) in [5, 5.41) is 8.26. The second-order valence-electron chi connectivity index (χ2n) is 5.28. The van der Waals surface area contributed by atoms with Crippen molar-refractivity contribution in [2.45, 2.75) is 11.4 Å². The highest BCUT2D eigenvalue weighted by Crippen LogP contribution is 2.22. The molecular weight excluding hydrogens is 439 g/mol. The van der Waals surface area contributed by atoms with E-state index in [1.165, 1.54) is 18.2 Å². The number of esters is 1. The van der Waals surface area contributed by atoms with Crippen molar-refractivity contribution >= 4 is 56.7 Å². The highest BCUT2D eigenvalue weighted by molar-refractivity contribution is 7.89. The van der Waals surface area contributed by atoms with Gasteiger partial charge in [-0.1, -0.05) is 40.9 Å². The van der Waals surface area contributed by atoms with Crippen LogP contribution in [0.1, 0.15) is 15.9 Å². The normalized spacial score (nSPS) is 11.1. The van der Waals surface area contributed by atoms with E-state index in [0.29, 0.717) is 15.6 Å². The Morgan fingerprint density at radius 3 is 2.37 bits per heavy atom. The van der Waals surface area contributed by atoms with Gasteiger partial charge >= 0.3 is 5.97 Å². The molecule has 2 rings (SSSR count).